The van der Waals surface area contributed by atoms with Crippen LogP contribution in [0.15, 0.2) is 79.1 Å². The maximum absolute atomic E-state index is 7.13. The second-order valence-corrected chi connectivity index (χ2v) is 6.18. The van der Waals surface area contributed by atoms with Gasteiger partial charge in [-0.3, -0.25) is 14.9 Å². The van der Waals surface area contributed by atoms with E-state index < -0.39 is 0 Å². The Morgan fingerprint density at radius 1 is 0.800 bits per heavy atom. The Morgan fingerprint density at radius 2 is 1.20 bits per heavy atom. The third kappa shape index (κ3) is 11.0. The van der Waals surface area contributed by atoms with E-state index in [1.54, 1.807) is 0 Å². The fraction of sp³-hybridized carbons (Fsp3) is 0.182. The molecule has 0 saturated carbocycles. The predicted octanol–water partition coefficient (Wildman–Crippen LogP) is 5.55. The number of hydrogen-bond donors (Lipinski definition) is 0. The Kier molecular flexibility index (Phi) is 16.2. The molecule has 0 aliphatic heterocycles. The van der Waals surface area contributed by atoms with E-state index in [0.29, 0.717) is 6.04 Å². The largest absolute Gasteiger partial charge is 2.00 e. The summed E-state index contributed by atoms with van der Waals surface area (Å²) in [7, 11) is 0. The number of hydrogen-bond acceptors (Lipinski definition) is 5. The summed E-state index contributed by atoms with van der Waals surface area (Å²) in [5.41, 5.74) is 3.46. The van der Waals surface area contributed by atoms with Gasteiger partial charge in [0.2, 0.25) is 0 Å². The molecule has 5 nitrogen and oxygen atoms in total. The fourth-order valence-corrected chi connectivity index (χ4v) is 2.67. The molecule has 1 atom stereocenters. The average molecular weight is 485 g/mol. The Balaban J connectivity index is 0.00000108. The smallest absolute Gasteiger partial charge is 0.753 e. The third-order valence-corrected chi connectivity index (χ3v) is 4.01. The molecule has 0 bridgehead atoms. The first kappa shape index (κ1) is 27.7. The SMILES string of the molecule is C[C@@H](c1ccccc1)N(Cc1ccccn1)Cc1ccccn1.[N-]=C=S.[N-]=C=S.[Zn+2]. The van der Waals surface area contributed by atoms with Crippen LogP contribution in [-0.4, -0.2) is 25.2 Å². The molecule has 0 radical (unpaired) electrons. The van der Waals surface area contributed by atoms with Crippen LogP contribution in [0.2, 0.25) is 0 Å². The summed E-state index contributed by atoms with van der Waals surface area (Å²) >= 11 is 7.40. The quantitative estimate of drug-likeness (QED) is 0.260. The van der Waals surface area contributed by atoms with Crippen LogP contribution in [0.1, 0.15) is 29.9 Å². The van der Waals surface area contributed by atoms with E-state index in [-0.39, 0.29) is 19.5 Å². The molecular weight excluding hydrogens is 464 g/mol. The molecule has 1 aromatic carbocycles. The minimum absolute atomic E-state index is 0. The summed E-state index contributed by atoms with van der Waals surface area (Å²) in [4.78, 5) is 11.4. The van der Waals surface area contributed by atoms with Crippen molar-refractivity contribution in [1.82, 2.24) is 14.9 Å². The van der Waals surface area contributed by atoms with Crippen LogP contribution in [0.3, 0.4) is 0 Å². The first-order chi connectivity index (χ1) is 14.2. The van der Waals surface area contributed by atoms with E-state index in [0.717, 1.165) is 24.5 Å². The van der Waals surface area contributed by atoms with E-state index in [1.807, 2.05) is 36.7 Å². The second-order valence-electron chi connectivity index (χ2n) is 5.82. The van der Waals surface area contributed by atoms with Crippen molar-refractivity contribution in [3.8, 4) is 0 Å². The average Bonchev–Trinajstić information content (AvgIpc) is 2.76. The number of rotatable bonds is 6. The second kappa shape index (κ2) is 17.6. The number of aromatic nitrogens is 2. The van der Waals surface area contributed by atoms with Crippen molar-refractivity contribution in [3.05, 3.63) is 107 Å². The standard InChI is InChI=1S/C20H21N3.2CNS.Zn/c1-17(18-9-3-2-4-10-18)23(15-19-11-5-7-13-21-19)16-20-12-6-8-14-22-20;2*2-1-3;/h2-14,17H,15-16H2,1H3;;;/q;2*-1;+2/t17-;;;/m0.../s1. The van der Waals surface area contributed by atoms with Gasteiger partial charge in [0.05, 0.1) is 11.4 Å². The summed E-state index contributed by atoms with van der Waals surface area (Å²) in [5, 5.41) is 16.9. The van der Waals surface area contributed by atoms with Gasteiger partial charge in [-0.25, -0.2) is 0 Å². The molecule has 8 heteroatoms. The normalized spacial score (nSPS) is 9.93. The number of nitrogens with zero attached hydrogens (tertiary/aromatic N) is 5. The van der Waals surface area contributed by atoms with Crippen molar-refractivity contribution < 1.29 is 19.5 Å². The Labute approximate surface area is 201 Å². The van der Waals surface area contributed by atoms with Crippen molar-refractivity contribution in [2.45, 2.75) is 26.1 Å². The third-order valence-electron chi connectivity index (χ3n) is 4.01. The molecule has 30 heavy (non-hydrogen) atoms. The van der Waals surface area contributed by atoms with Crippen LogP contribution in [0.4, 0.5) is 0 Å². The van der Waals surface area contributed by atoms with Crippen LogP contribution in [0.5, 0.6) is 0 Å². The van der Waals surface area contributed by atoms with Crippen molar-refractivity contribution >= 4 is 34.8 Å². The van der Waals surface area contributed by atoms with Gasteiger partial charge in [-0.05, 0) is 36.8 Å². The van der Waals surface area contributed by atoms with Gasteiger partial charge in [0.15, 0.2) is 0 Å². The van der Waals surface area contributed by atoms with Crippen molar-refractivity contribution in [1.29, 1.82) is 0 Å². The summed E-state index contributed by atoms with van der Waals surface area (Å²) in [6.07, 6.45) is 3.70. The van der Waals surface area contributed by atoms with Gasteiger partial charge in [-0.15, -0.1) is 0 Å². The predicted molar refractivity (Wildman–Crippen MR) is 124 cm³/mol. The van der Waals surface area contributed by atoms with Crippen LogP contribution in [-0.2, 0) is 32.6 Å². The molecule has 3 aromatic rings. The van der Waals surface area contributed by atoms with E-state index in [2.05, 4.69) is 88.7 Å². The monoisotopic (exact) mass is 483 g/mol. The summed E-state index contributed by atoms with van der Waals surface area (Å²) in [5.74, 6) is 0. The molecule has 0 aliphatic carbocycles. The van der Waals surface area contributed by atoms with Crippen molar-refractivity contribution in [2.75, 3.05) is 0 Å². The van der Waals surface area contributed by atoms with Crippen LogP contribution in [0, 0.1) is 0 Å². The first-order valence-electron chi connectivity index (χ1n) is 8.77. The molecule has 3 rings (SSSR count). The van der Waals surface area contributed by atoms with Gasteiger partial charge in [0, 0.05) is 31.5 Å². The van der Waals surface area contributed by atoms with Crippen molar-refractivity contribution in [2.24, 2.45) is 0 Å². The minimum atomic E-state index is 0. The van der Waals surface area contributed by atoms with Gasteiger partial charge in [-0.2, -0.15) is 10.3 Å². The van der Waals surface area contributed by atoms with E-state index >= 15 is 0 Å². The minimum Gasteiger partial charge on any atom is -0.753 e. The summed E-state index contributed by atoms with van der Waals surface area (Å²) in [6.45, 7) is 3.84. The van der Waals surface area contributed by atoms with Crippen LogP contribution in [0.25, 0.3) is 10.8 Å². The number of isothiocyanates is 2. The molecule has 2 aromatic heterocycles. The van der Waals surface area contributed by atoms with Gasteiger partial charge in [0.1, 0.15) is 0 Å². The summed E-state index contributed by atoms with van der Waals surface area (Å²) < 4.78 is 0. The molecule has 0 saturated heterocycles. The van der Waals surface area contributed by atoms with Crippen LogP contribution >= 0.6 is 24.4 Å². The van der Waals surface area contributed by atoms with Gasteiger partial charge >= 0.3 is 19.5 Å². The molecule has 0 unspecified atom stereocenters. The number of benzene rings is 1. The topological polar surface area (TPSA) is 73.6 Å². The zero-order valence-corrected chi connectivity index (χ0v) is 21.4. The Hall–Kier alpha value is -2.30. The van der Waals surface area contributed by atoms with Gasteiger partial charge in [0.25, 0.3) is 0 Å². The number of thiocarbonyl (C=S) groups is 2. The maximum Gasteiger partial charge on any atom is 2.00 e. The number of pyridine rings is 2. The zero-order chi connectivity index (χ0) is 21.3. The Morgan fingerprint density at radius 3 is 1.57 bits per heavy atom. The molecule has 0 fully saturated rings. The molecule has 148 valence electrons. The van der Waals surface area contributed by atoms with E-state index in [1.165, 1.54) is 15.9 Å². The van der Waals surface area contributed by atoms with Gasteiger partial charge < -0.3 is 10.8 Å². The Bertz CT molecular complexity index is 830. The molecule has 0 spiro atoms. The van der Waals surface area contributed by atoms with Crippen molar-refractivity contribution in [3.63, 3.8) is 0 Å². The molecule has 2 heterocycles. The molecule has 0 amide bonds. The molecular formula is C22H21N5S2Zn. The van der Waals surface area contributed by atoms with E-state index in [9.17, 15) is 0 Å². The molecule has 0 N–H and O–H groups in total. The fourth-order valence-electron chi connectivity index (χ4n) is 2.67. The maximum atomic E-state index is 7.13. The zero-order valence-electron chi connectivity index (χ0n) is 16.8. The first-order valence-corrected chi connectivity index (χ1v) is 9.59. The summed E-state index contributed by atoms with van der Waals surface area (Å²) in [6, 6.07) is 23.0. The van der Waals surface area contributed by atoms with Gasteiger partial charge in [-0.1, -0.05) is 66.9 Å². The molecule has 0 aliphatic rings. The van der Waals surface area contributed by atoms with E-state index in [4.69, 9.17) is 10.8 Å². The van der Waals surface area contributed by atoms with Crippen LogP contribution < -0.4 is 0 Å².